The number of rotatable bonds is 9. The van der Waals surface area contributed by atoms with Gasteiger partial charge in [0.25, 0.3) is 6.47 Å². The van der Waals surface area contributed by atoms with Crippen molar-refractivity contribution in [1.29, 1.82) is 0 Å². The van der Waals surface area contributed by atoms with Gasteiger partial charge < -0.3 is 14.8 Å². The summed E-state index contributed by atoms with van der Waals surface area (Å²) in [6.45, 7) is 1.83. The third-order valence-corrected chi connectivity index (χ3v) is 4.89. The second kappa shape index (κ2) is 9.42. The molecule has 1 unspecified atom stereocenters. The van der Waals surface area contributed by atoms with Crippen LogP contribution >= 0.6 is 11.6 Å². The molecule has 2 aromatic rings. The van der Waals surface area contributed by atoms with E-state index < -0.39 is 0 Å². The second-order valence-electron chi connectivity index (χ2n) is 6.52. The van der Waals surface area contributed by atoms with Gasteiger partial charge in [0.1, 0.15) is 5.75 Å². The summed E-state index contributed by atoms with van der Waals surface area (Å²) in [7, 11) is 0. The van der Waals surface area contributed by atoms with Gasteiger partial charge in [-0.2, -0.15) is 0 Å². The third kappa shape index (κ3) is 5.47. The fraction of sp³-hybridized carbons (Fsp3) is 0.333. The topological polar surface area (TPSA) is 64.6 Å². The molecule has 1 N–H and O–H groups in total. The van der Waals surface area contributed by atoms with Crippen LogP contribution in [0, 0.1) is 0 Å². The predicted molar refractivity (Wildman–Crippen MR) is 103 cm³/mol. The molecule has 6 heteroatoms. The predicted octanol–water partition coefficient (Wildman–Crippen LogP) is 3.28. The Balaban J connectivity index is 1.51. The van der Waals surface area contributed by atoms with Gasteiger partial charge in [-0.1, -0.05) is 35.9 Å². The Hall–Kier alpha value is -2.53. The molecule has 0 spiro atoms. The van der Waals surface area contributed by atoms with Crippen molar-refractivity contribution in [2.24, 2.45) is 0 Å². The van der Waals surface area contributed by atoms with Crippen molar-refractivity contribution in [3.05, 3.63) is 64.2 Å². The first-order valence-corrected chi connectivity index (χ1v) is 9.35. The van der Waals surface area contributed by atoms with Gasteiger partial charge in [-0.05, 0) is 41.3 Å². The third-order valence-electron chi connectivity index (χ3n) is 4.64. The number of fused-ring (bicyclic) bond motifs is 1. The van der Waals surface area contributed by atoms with Gasteiger partial charge in [-0.25, -0.2) is 0 Å². The molecule has 5 nitrogen and oxygen atoms in total. The Bertz CT molecular complexity index is 791. The molecule has 1 amide bonds. The van der Waals surface area contributed by atoms with Gasteiger partial charge in [0.05, 0.1) is 13.2 Å². The van der Waals surface area contributed by atoms with Gasteiger partial charge in [0.15, 0.2) is 0 Å². The minimum atomic E-state index is -0.208. The van der Waals surface area contributed by atoms with Crippen LogP contribution in [-0.4, -0.2) is 32.1 Å². The first kappa shape index (κ1) is 19.2. The highest BCUT2D eigenvalue weighted by Gasteiger charge is 2.17. The van der Waals surface area contributed by atoms with E-state index in [1.807, 2.05) is 18.2 Å². The number of carbonyl (C=O) groups excluding carboxylic acids is 2. The van der Waals surface area contributed by atoms with Crippen LogP contribution in [0.2, 0.25) is 5.02 Å². The summed E-state index contributed by atoms with van der Waals surface area (Å²) in [6, 6.07) is 13.4. The van der Waals surface area contributed by atoms with Crippen molar-refractivity contribution in [1.82, 2.24) is 5.32 Å². The van der Waals surface area contributed by atoms with Gasteiger partial charge in [0, 0.05) is 30.3 Å². The number of nitrogens with one attached hydrogen (secondary N) is 1. The number of ether oxygens (including phenoxy) is 2. The average molecular weight is 388 g/mol. The minimum absolute atomic E-state index is 0.0816. The maximum absolute atomic E-state index is 12.3. The van der Waals surface area contributed by atoms with E-state index in [4.69, 9.17) is 21.1 Å². The van der Waals surface area contributed by atoms with Gasteiger partial charge >= 0.3 is 0 Å². The highest BCUT2D eigenvalue weighted by Crippen LogP contribution is 2.26. The van der Waals surface area contributed by atoms with Gasteiger partial charge in [-0.15, -0.1) is 0 Å². The van der Waals surface area contributed by atoms with Crippen LogP contribution in [0.5, 0.6) is 5.75 Å². The van der Waals surface area contributed by atoms with Crippen molar-refractivity contribution in [3.63, 3.8) is 0 Å². The summed E-state index contributed by atoms with van der Waals surface area (Å²) in [4.78, 5) is 22.9. The largest absolute Gasteiger partial charge is 0.493 e. The van der Waals surface area contributed by atoms with Gasteiger partial charge in [-0.3, -0.25) is 9.59 Å². The molecule has 0 radical (unpaired) electrons. The summed E-state index contributed by atoms with van der Waals surface area (Å²) < 4.78 is 10.5. The number of amides is 1. The molecule has 0 aromatic heterocycles. The first-order chi connectivity index (χ1) is 13.2. The van der Waals surface area contributed by atoms with E-state index in [1.165, 1.54) is 5.56 Å². The summed E-state index contributed by atoms with van der Waals surface area (Å²) in [5, 5.41) is 3.56. The van der Waals surface area contributed by atoms with Crippen LogP contribution in [0.1, 0.15) is 29.0 Å². The Morgan fingerprint density at radius 1 is 1.26 bits per heavy atom. The lowest BCUT2D eigenvalue weighted by atomic mass is 9.96. The van der Waals surface area contributed by atoms with Crippen molar-refractivity contribution >= 4 is 24.0 Å². The normalized spacial score (nSPS) is 13.4. The minimum Gasteiger partial charge on any atom is -0.493 e. The summed E-state index contributed by atoms with van der Waals surface area (Å²) >= 11 is 5.91. The lowest BCUT2D eigenvalue weighted by Gasteiger charge is -2.16. The van der Waals surface area contributed by atoms with E-state index in [0.717, 1.165) is 36.3 Å². The lowest BCUT2D eigenvalue weighted by Crippen LogP contribution is -2.28. The summed E-state index contributed by atoms with van der Waals surface area (Å²) in [5.41, 5.74) is 3.28. The molecule has 0 aliphatic carbocycles. The molecule has 2 aromatic carbocycles. The van der Waals surface area contributed by atoms with E-state index in [9.17, 15) is 9.59 Å². The van der Waals surface area contributed by atoms with Crippen LogP contribution in [0.3, 0.4) is 0 Å². The summed E-state index contributed by atoms with van der Waals surface area (Å²) in [6.07, 6.45) is 1.93. The molecular weight excluding hydrogens is 366 g/mol. The first-order valence-electron chi connectivity index (χ1n) is 8.97. The molecule has 1 aliphatic rings. The zero-order valence-corrected chi connectivity index (χ0v) is 15.7. The molecule has 142 valence electrons. The Morgan fingerprint density at radius 2 is 2.07 bits per heavy atom. The van der Waals surface area contributed by atoms with Crippen molar-refractivity contribution in [2.75, 3.05) is 19.8 Å². The fourth-order valence-corrected chi connectivity index (χ4v) is 3.30. The molecule has 0 fully saturated rings. The molecule has 1 aliphatic heterocycles. The van der Waals surface area contributed by atoms with Crippen LogP contribution in [-0.2, 0) is 27.2 Å². The zero-order valence-electron chi connectivity index (χ0n) is 14.9. The lowest BCUT2D eigenvalue weighted by molar-refractivity contribution is -0.130. The van der Waals surface area contributed by atoms with E-state index in [1.54, 1.807) is 12.1 Å². The number of carbonyl (C=O) groups is 2. The molecule has 0 bridgehead atoms. The summed E-state index contributed by atoms with van der Waals surface area (Å²) in [5.74, 6) is 0.662. The number of hydrogen-bond acceptors (Lipinski definition) is 4. The smallest absolute Gasteiger partial charge is 0.293 e. The quantitative estimate of drug-likeness (QED) is 0.670. The van der Waals surface area contributed by atoms with Crippen LogP contribution < -0.4 is 10.1 Å². The van der Waals surface area contributed by atoms with Crippen molar-refractivity contribution in [3.8, 4) is 5.75 Å². The van der Waals surface area contributed by atoms with E-state index in [2.05, 4.69) is 17.4 Å². The Labute approximate surface area is 163 Å². The SMILES string of the molecule is O=COCC(CC(=O)NCCc1ccc2c(c1)OCC2)c1ccc(Cl)cc1. The molecule has 1 heterocycles. The average Bonchev–Trinajstić information content (AvgIpc) is 3.13. The van der Waals surface area contributed by atoms with E-state index in [-0.39, 0.29) is 24.9 Å². The zero-order chi connectivity index (χ0) is 19.1. The molecule has 0 saturated carbocycles. The second-order valence-corrected chi connectivity index (χ2v) is 6.96. The highest BCUT2D eigenvalue weighted by atomic mass is 35.5. The highest BCUT2D eigenvalue weighted by molar-refractivity contribution is 6.30. The standard InChI is InChI=1S/C21H22ClNO4/c22-19-5-3-16(4-6-19)18(13-26-14-24)12-21(25)23-9-7-15-1-2-17-8-10-27-20(17)11-15/h1-6,11,14,18H,7-10,12-13H2,(H,23,25). The number of benzene rings is 2. The number of hydrogen-bond donors (Lipinski definition) is 1. The monoisotopic (exact) mass is 387 g/mol. The number of halogens is 1. The van der Waals surface area contributed by atoms with Crippen LogP contribution in [0.25, 0.3) is 0 Å². The van der Waals surface area contributed by atoms with E-state index >= 15 is 0 Å². The van der Waals surface area contributed by atoms with Crippen LogP contribution in [0.15, 0.2) is 42.5 Å². The molecule has 1 atom stereocenters. The Kier molecular flexibility index (Phi) is 6.71. The molecule has 27 heavy (non-hydrogen) atoms. The Morgan fingerprint density at radius 3 is 2.85 bits per heavy atom. The van der Waals surface area contributed by atoms with Gasteiger partial charge in [0.2, 0.25) is 5.91 Å². The maximum Gasteiger partial charge on any atom is 0.293 e. The van der Waals surface area contributed by atoms with E-state index in [0.29, 0.717) is 18.0 Å². The van der Waals surface area contributed by atoms with Crippen molar-refractivity contribution < 1.29 is 19.1 Å². The molecular formula is C21H22ClNO4. The molecule has 0 saturated heterocycles. The maximum atomic E-state index is 12.3. The molecule has 3 rings (SSSR count). The van der Waals surface area contributed by atoms with Crippen molar-refractivity contribution in [2.45, 2.75) is 25.2 Å². The fourth-order valence-electron chi connectivity index (χ4n) is 3.17. The van der Waals surface area contributed by atoms with Crippen LogP contribution in [0.4, 0.5) is 0 Å².